The summed E-state index contributed by atoms with van der Waals surface area (Å²) in [6.45, 7) is 3.61. The number of halogens is 3. The summed E-state index contributed by atoms with van der Waals surface area (Å²) >= 11 is 0. The third-order valence-corrected chi connectivity index (χ3v) is 1.72. The van der Waals surface area contributed by atoms with Crippen LogP contribution in [-0.4, -0.2) is 19.5 Å². The van der Waals surface area contributed by atoms with Crippen LogP contribution in [0.3, 0.4) is 0 Å². The zero-order chi connectivity index (χ0) is 10.8. The van der Waals surface area contributed by atoms with Crippen LogP contribution >= 0.6 is 0 Å². The fraction of sp³-hybridized carbons (Fsp3) is 0.333. The van der Waals surface area contributed by atoms with Gasteiger partial charge in [0.2, 0.25) is 0 Å². The zero-order valence-corrected chi connectivity index (χ0v) is 7.56. The van der Waals surface area contributed by atoms with Crippen molar-refractivity contribution in [1.82, 2.24) is 5.32 Å². The van der Waals surface area contributed by atoms with Crippen LogP contribution < -0.4 is 5.32 Å². The summed E-state index contributed by atoms with van der Waals surface area (Å²) in [5, 5.41) is 2.87. The van der Waals surface area contributed by atoms with Crippen molar-refractivity contribution in [2.75, 3.05) is 7.05 Å². The Morgan fingerprint density at radius 2 is 2.14 bits per heavy atom. The fourth-order valence-electron chi connectivity index (χ4n) is 1.11. The fourth-order valence-corrected chi connectivity index (χ4v) is 1.11. The first-order valence-electron chi connectivity index (χ1n) is 3.94. The number of ether oxygens (including phenoxy) is 1. The Morgan fingerprint density at radius 3 is 2.57 bits per heavy atom. The van der Waals surface area contributed by atoms with Gasteiger partial charge in [-0.25, -0.2) is 0 Å². The SMILES string of the molecule is C=C1C=C(OC(F)(F)F)C=CC1NC. The zero-order valence-electron chi connectivity index (χ0n) is 7.56. The molecule has 0 radical (unpaired) electrons. The summed E-state index contributed by atoms with van der Waals surface area (Å²) in [5.74, 6) is -0.242. The van der Waals surface area contributed by atoms with E-state index in [4.69, 9.17) is 0 Å². The molecule has 0 bridgehead atoms. The van der Waals surface area contributed by atoms with E-state index >= 15 is 0 Å². The van der Waals surface area contributed by atoms with Gasteiger partial charge < -0.3 is 10.1 Å². The van der Waals surface area contributed by atoms with Crippen LogP contribution in [0.15, 0.2) is 36.1 Å². The van der Waals surface area contributed by atoms with Gasteiger partial charge in [0.05, 0.1) is 6.04 Å². The normalized spacial score (nSPS) is 22.1. The number of hydrogen-bond acceptors (Lipinski definition) is 2. The maximum absolute atomic E-state index is 11.8. The van der Waals surface area contributed by atoms with Crippen molar-refractivity contribution < 1.29 is 17.9 Å². The molecule has 2 nitrogen and oxygen atoms in total. The highest BCUT2D eigenvalue weighted by molar-refractivity contribution is 5.37. The highest BCUT2D eigenvalue weighted by Crippen LogP contribution is 2.24. The first-order chi connectivity index (χ1) is 6.42. The molecule has 5 heteroatoms. The van der Waals surface area contributed by atoms with Gasteiger partial charge in [-0.05, 0) is 24.8 Å². The molecule has 0 fully saturated rings. The standard InChI is InChI=1S/C9H10F3NO/c1-6-5-7(14-9(10,11)12)3-4-8(6)13-2/h3-5,8,13H,1H2,2H3. The molecule has 1 aliphatic carbocycles. The van der Waals surface area contributed by atoms with E-state index in [1.165, 1.54) is 12.2 Å². The van der Waals surface area contributed by atoms with E-state index in [-0.39, 0.29) is 11.8 Å². The second kappa shape index (κ2) is 3.88. The molecule has 0 aliphatic heterocycles. The second-order valence-corrected chi connectivity index (χ2v) is 2.79. The maximum Gasteiger partial charge on any atom is 0.573 e. The molecule has 0 aromatic carbocycles. The molecule has 14 heavy (non-hydrogen) atoms. The highest BCUT2D eigenvalue weighted by Gasteiger charge is 2.32. The number of rotatable bonds is 2. The summed E-state index contributed by atoms with van der Waals surface area (Å²) in [7, 11) is 1.70. The molecule has 0 amide bonds. The Hall–Kier alpha value is -1.23. The van der Waals surface area contributed by atoms with E-state index in [1.54, 1.807) is 13.1 Å². The van der Waals surface area contributed by atoms with Crippen LogP contribution in [0.5, 0.6) is 0 Å². The van der Waals surface area contributed by atoms with Gasteiger partial charge in [0, 0.05) is 0 Å². The van der Waals surface area contributed by atoms with E-state index < -0.39 is 6.36 Å². The van der Waals surface area contributed by atoms with Crippen molar-refractivity contribution in [2.45, 2.75) is 12.4 Å². The molecule has 0 aromatic heterocycles. The van der Waals surface area contributed by atoms with Crippen molar-refractivity contribution in [3.63, 3.8) is 0 Å². The Morgan fingerprint density at radius 1 is 1.50 bits per heavy atom. The minimum absolute atomic E-state index is 0.129. The predicted molar refractivity (Wildman–Crippen MR) is 46.4 cm³/mol. The van der Waals surface area contributed by atoms with Gasteiger partial charge in [0.15, 0.2) is 0 Å². The predicted octanol–water partition coefficient (Wildman–Crippen LogP) is 2.12. The summed E-state index contributed by atoms with van der Waals surface area (Å²) in [6, 6.07) is -0.129. The summed E-state index contributed by atoms with van der Waals surface area (Å²) in [4.78, 5) is 0. The number of hydrogen-bond donors (Lipinski definition) is 1. The maximum atomic E-state index is 11.8. The van der Waals surface area contributed by atoms with Crippen LogP contribution in [0.4, 0.5) is 13.2 Å². The molecular formula is C9H10F3NO. The number of alkyl halides is 3. The summed E-state index contributed by atoms with van der Waals surface area (Å²) in [6.07, 6.45) is -0.565. The molecule has 0 heterocycles. The number of allylic oxidation sites excluding steroid dienone is 1. The minimum atomic E-state index is -4.65. The largest absolute Gasteiger partial charge is 0.573 e. The molecular weight excluding hydrogens is 195 g/mol. The quantitative estimate of drug-likeness (QED) is 0.745. The molecule has 1 rings (SSSR count). The molecule has 1 unspecified atom stereocenters. The Bertz CT molecular complexity index is 291. The van der Waals surface area contributed by atoms with Crippen molar-refractivity contribution in [3.8, 4) is 0 Å². The average Bonchev–Trinajstić information content (AvgIpc) is 2.01. The van der Waals surface area contributed by atoms with Gasteiger partial charge in [0.1, 0.15) is 5.76 Å². The van der Waals surface area contributed by atoms with Crippen LogP contribution in [0.2, 0.25) is 0 Å². The molecule has 1 N–H and O–H groups in total. The van der Waals surface area contributed by atoms with Gasteiger partial charge >= 0.3 is 6.36 Å². The monoisotopic (exact) mass is 205 g/mol. The Labute approximate surface area is 79.7 Å². The lowest BCUT2D eigenvalue weighted by Crippen LogP contribution is -2.26. The van der Waals surface area contributed by atoms with Crippen molar-refractivity contribution in [3.05, 3.63) is 36.1 Å². The molecule has 0 saturated carbocycles. The van der Waals surface area contributed by atoms with E-state index in [9.17, 15) is 13.2 Å². The molecule has 0 saturated heterocycles. The molecule has 0 spiro atoms. The molecule has 1 atom stereocenters. The number of likely N-dealkylation sites (N-methyl/N-ethyl adjacent to an activating group) is 1. The second-order valence-electron chi connectivity index (χ2n) is 2.79. The smallest absolute Gasteiger partial charge is 0.406 e. The lowest BCUT2D eigenvalue weighted by molar-refractivity contribution is -0.303. The van der Waals surface area contributed by atoms with Gasteiger partial charge in [-0.3, -0.25) is 0 Å². The molecule has 78 valence electrons. The van der Waals surface area contributed by atoms with Crippen molar-refractivity contribution >= 4 is 0 Å². The highest BCUT2D eigenvalue weighted by atomic mass is 19.4. The summed E-state index contributed by atoms with van der Waals surface area (Å²) < 4.78 is 39.1. The first-order valence-corrected chi connectivity index (χ1v) is 3.94. The molecule has 0 aromatic rings. The van der Waals surface area contributed by atoms with E-state index in [0.717, 1.165) is 0 Å². The topological polar surface area (TPSA) is 21.3 Å². The van der Waals surface area contributed by atoms with E-state index in [1.807, 2.05) is 0 Å². The van der Waals surface area contributed by atoms with Crippen LogP contribution in [0, 0.1) is 0 Å². The number of nitrogens with one attached hydrogen (secondary N) is 1. The summed E-state index contributed by atoms with van der Waals surface area (Å²) in [5.41, 5.74) is 0.536. The Balaban J connectivity index is 2.68. The van der Waals surface area contributed by atoms with E-state index in [0.29, 0.717) is 5.57 Å². The van der Waals surface area contributed by atoms with Gasteiger partial charge in [0.25, 0.3) is 0 Å². The van der Waals surface area contributed by atoms with E-state index in [2.05, 4.69) is 16.6 Å². The van der Waals surface area contributed by atoms with Gasteiger partial charge in [-0.1, -0.05) is 12.7 Å². The van der Waals surface area contributed by atoms with Crippen molar-refractivity contribution in [2.24, 2.45) is 0 Å². The van der Waals surface area contributed by atoms with Crippen LogP contribution in [0.25, 0.3) is 0 Å². The third kappa shape index (κ3) is 2.92. The van der Waals surface area contributed by atoms with Gasteiger partial charge in [-0.2, -0.15) is 0 Å². The molecule has 1 aliphatic rings. The Kier molecular flexibility index (Phi) is 3.00. The van der Waals surface area contributed by atoms with Crippen LogP contribution in [0.1, 0.15) is 0 Å². The minimum Gasteiger partial charge on any atom is -0.406 e. The van der Waals surface area contributed by atoms with Crippen LogP contribution in [-0.2, 0) is 4.74 Å². The third-order valence-electron chi connectivity index (χ3n) is 1.72. The lowest BCUT2D eigenvalue weighted by Gasteiger charge is -2.18. The lowest BCUT2D eigenvalue weighted by atomic mass is 10.0. The van der Waals surface area contributed by atoms with Crippen molar-refractivity contribution in [1.29, 1.82) is 0 Å². The average molecular weight is 205 g/mol. The van der Waals surface area contributed by atoms with Gasteiger partial charge in [-0.15, -0.1) is 13.2 Å². The first kappa shape index (κ1) is 10.8.